The van der Waals surface area contributed by atoms with Gasteiger partial charge in [0.1, 0.15) is 6.26 Å². The van der Waals surface area contributed by atoms with Crippen LogP contribution in [0.2, 0.25) is 0 Å². The van der Waals surface area contributed by atoms with Crippen LogP contribution in [0, 0.1) is 0 Å². The fourth-order valence-corrected chi connectivity index (χ4v) is 1.54. The van der Waals surface area contributed by atoms with Crippen molar-refractivity contribution >= 4 is 5.91 Å². The number of rotatable bonds is 4. The van der Waals surface area contributed by atoms with E-state index in [0.29, 0.717) is 18.7 Å². The summed E-state index contributed by atoms with van der Waals surface area (Å²) in [6.07, 6.45) is 2.90. The standard InChI is InChI=1S/C13H14N2O2/c14-7-10-2-1-3-11(6-10)8-15-13(16)12-4-5-17-9-12/h1-6,9H,7-8,14H2,(H,15,16). The summed E-state index contributed by atoms with van der Waals surface area (Å²) in [5, 5.41) is 2.81. The number of benzene rings is 1. The van der Waals surface area contributed by atoms with Crippen molar-refractivity contribution in [2.45, 2.75) is 13.1 Å². The molecule has 3 N–H and O–H groups in total. The predicted octanol–water partition coefficient (Wildman–Crippen LogP) is 1.67. The van der Waals surface area contributed by atoms with Crippen molar-refractivity contribution in [3.05, 3.63) is 59.5 Å². The summed E-state index contributed by atoms with van der Waals surface area (Å²) in [6.45, 7) is 0.987. The molecule has 0 aliphatic carbocycles. The third-order valence-corrected chi connectivity index (χ3v) is 2.46. The quantitative estimate of drug-likeness (QED) is 0.839. The molecule has 1 aromatic heterocycles. The Kier molecular flexibility index (Phi) is 3.57. The number of nitrogens with one attached hydrogen (secondary N) is 1. The lowest BCUT2D eigenvalue weighted by molar-refractivity contribution is 0.0950. The number of nitrogens with two attached hydrogens (primary N) is 1. The number of hydrogen-bond acceptors (Lipinski definition) is 3. The van der Waals surface area contributed by atoms with Gasteiger partial charge in [0.25, 0.3) is 5.91 Å². The average molecular weight is 230 g/mol. The maximum Gasteiger partial charge on any atom is 0.254 e. The highest BCUT2D eigenvalue weighted by Crippen LogP contribution is 2.05. The maximum atomic E-state index is 11.6. The van der Waals surface area contributed by atoms with Gasteiger partial charge in [0.15, 0.2) is 0 Å². The van der Waals surface area contributed by atoms with Gasteiger partial charge in [0.05, 0.1) is 11.8 Å². The zero-order chi connectivity index (χ0) is 12.1. The molecule has 2 rings (SSSR count). The molecule has 17 heavy (non-hydrogen) atoms. The predicted molar refractivity (Wildman–Crippen MR) is 64.2 cm³/mol. The molecular formula is C13H14N2O2. The summed E-state index contributed by atoms with van der Waals surface area (Å²) >= 11 is 0. The number of hydrogen-bond donors (Lipinski definition) is 2. The van der Waals surface area contributed by atoms with Crippen molar-refractivity contribution in [3.63, 3.8) is 0 Å². The van der Waals surface area contributed by atoms with E-state index < -0.39 is 0 Å². The molecule has 0 aliphatic rings. The minimum Gasteiger partial charge on any atom is -0.472 e. The normalized spacial score (nSPS) is 10.2. The van der Waals surface area contributed by atoms with E-state index in [2.05, 4.69) is 5.32 Å². The number of amides is 1. The van der Waals surface area contributed by atoms with Crippen LogP contribution in [0.3, 0.4) is 0 Å². The number of furan rings is 1. The second kappa shape index (κ2) is 5.32. The molecule has 1 heterocycles. The van der Waals surface area contributed by atoms with Crippen LogP contribution in [0.5, 0.6) is 0 Å². The monoisotopic (exact) mass is 230 g/mol. The van der Waals surface area contributed by atoms with Crippen LogP contribution in [0.4, 0.5) is 0 Å². The molecule has 1 amide bonds. The van der Waals surface area contributed by atoms with E-state index in [1.165, 1.54) is 12.5 Å². The SMILES string of the molecule is NCc1cccc(CNC(=O)c2ccoc2)c1. The van der Waals surface area contributed by atoms with E-state index in [4.69, 9.17) is 10.2 Å². The molecule has 0 aliphatic heterocycles. The fourth-order valence-electron chi connectivity index (χ4n) is 1.54. The smallest absolute Gasteiger partial charge is 0.254 e. The first-order valence-corrected chi connectivity index (χ1v) is 5.38. The molecular weight excluding hydrogens is 216 g/mol. The largest absolute Gasteiger partial charge is 0.472 e. The van der Waals surface area contributed by atoms with Crippen LogP contribution in [-0.4, -0.2) is 5.91 Å². The summed E-state index contributed by atoms with van der Waals surface area (Å²) in [5.41, 5.74) is 8.17. The van der Waals surface area contributed by atoms with Crippen LogP contribution < -0.4 is 11.1 Å². The van der Waals surface area contributed by atoms with Crippen molar-refractivity contribution < 1.29 is 9.21 Å². The number of carbonyl (C=O) groups is 1. The van der Waals surface area contributed by atoms with Crippen molar-refractivity contribution in [2.24, 2.45) is 5.73 Å². The second-order valence-corrected chi connectivity index (χ2v) is 3.72. The van der Waals surface area contributed by atoms with Crippen LogP contribution >= 0.6 is 0 Å². The highest BCUT2D eigenvalue weighted by molar-refractivity contribution is 5.93. The first kappa shape index (κ1) is 11.4. The number of carbonyl (C=O) groups excluding carboxylic acids is 1. The van der Waals surface area contributed by atoms with Crippen LogP contribution in [0.15, 0.2) is 47.3 Å². The highest BCUT2D eigenvalue weighted by atomic mass is 16.3. The molecule has 0 radical (unpaired) electrons. The minimum atomic E-state index is -0.142. The third kappa shape index (κ3) is 2.95. The maximum absolute atomic E-state index is 11.6. The topological polar surface area (TPSA) is 68.3 Å². The van der Waals surface area contributed by atoms with Crippen molar-refractivity contribution in [1.29, 1.82) is 0 Å². The van der Waals surface area contributed by atoms with Gasteiger partial charge in [-0.2, -0.15) is 0 Å². The Bertz CT molecular complexity index is 492. The van der Waals surface area contributed by atoms with Gasteiger partial charge in [-0.15, -0.1) is 0 Å². The van der Waals surface area contributed by atoms with E-state index in [0.717, 1.165) is 11.1 Å². The van der Waals surface area contributed by atoms with Crippen LogP contribution in [0.1, 0.15) is 21.5 Å². The lowest BCUT2D eigenvalue weighted by atomic mass is 10.1. The first-order chi connectivity index (χ1) is 8.29. The van der Waals surface area contributed by atoms with Gasteiger partial charge in [-0.3, -0.25) is 4.79 Å². The van der Waals surface area contributed by atoms with Gasteiger partial charge >= 0.3 is 0 Å². The summed E-state index contributed by atoms with van der Waals surface area (Å²) in [4.78, 5) is 11.6. The Labute approximate surface area is 99.4 Å². The molecule has 0 bridgehead atoms. The van der Waals surface area contributed by atoms with Crippen molar-refractivity contribution in [1.82, 2.24) is 5.32 Å². The molecule has 0 saturated heterocycles. The van der Waals surface area contributed by atoms with Crippen molar-refractivity contribution in [2.75, 3.05) is 0 Å². The van der Waals surface area contributed by atoms with Crippen molar-refractivity contribution in [3.8, 4) is 0 Å². The minimum absolute atomic E-state index is 0.142. The van der Waals surface area contributed by atoms with Gasteiger partial charge in [0.2, 0.25) is 0 Å². The molecule has 4 nitrogen and oxygen atoms in total. The van der Waals surface area contributed by atoms with Crippen LogP contribution in [-0.2, 0) is 13.1 Å². The van der Waals surface area contributed by atoms with E-state index in [9.17, 15) is 4.79 Å². The summed E-state index contributed by atoms with van der Waals surface area (Å²) in [7, 11) is 0. The zero-order valence-corrected chi connectivity index (χ0v) is 9.35. The Morgan fingerprint density at radius 3 is 2.82 bits per heavy atom. The summed E-state index contributed by atoms with van der Waals surface area (Å²) in [5.74, 6) is -0.142. The molecule has 0 saturated carbocycles. The van der Waals surface area contributed by atoms with Crippen LogP contribution in [0.25, 0.3) is 0 Å². The lowest BCUT2D eigenvalue weighted by Gasteiger charge is -2.05. The fraction of sp³-hybridized carbons (Fsp3) is 0.154. The average Bonchev–Trinajstić information content (AvgIpc) is 2.90. The highest BCUT2D eigenvalue weighted by Gasteiger charge is 2.05. The molecule has 0 fully saturated rings. The van der Waals surface area contributed by atoms with E-state index >= 15 is 0 Å². The van der Waals surface area contributed by atoms with Gasteiger partial charge in [-0.05, 0) is 17.2 Å². The third-order valence-electron chi connectivity index (χ3n) is 2.46. The second-order valence-electron chi connectivity index (χ2n) is 3.72. The Morgan fingerprint density at radius 2 is 2.12 bits per heavy atom. The lowest BCUT2D eigenvalue weighted by Crippen LogP contribution is -2.22. The Balaban J connectivity index is 1.95. The van der Waals surface area contributed by atoms with E-state index in [1.807, 2.05) is 24.3 Å². The zero-order valence-electron chi connectivity index (χ0n) is 9.35. The molecule has 2 aromatic rings. The van der Waals surface area contributed by atoms with Gasteiger partial charge in [-0.1, -0.05) is 24.3 Å². The van der Waals surface area contributed by atoms with E-state index in [-0.39, 0.29) is 5.91 Å². The Hall–Kier alpha value is -2.07. The molecule has 0 atom stereocenters. The van der Waals surface area contributed by atoms with Gasteiger partial charge in [0, 0.05) is 13.1 Å². The van der Waals surface area contributed by atoms with Gasteiger partial charge in [-0.25, -0.2) is 0 Å². The molecule has 0 unspecified atom stereocenters. The Morgan fingerprint density at radius 1 is 1.29 bits per heavy atom. The van der Waals surface area contributed by atoms with E-state index in [1.54, 1.807) is 6.07 Å². The molecule has 88 valence electrons. The van der Waals surface area contributed by atoms with Gasteiger partial charge < -0.3 is 15.5 Å². The molecule has 4 heteroatoms. The molecule has 1 aromatic carbocycles. The first-order valence-electron chi connectivity index (χ1n) is 5.38. The summed E-state index contributed by atoms with van der Waals surface area (Å²) < 4.78 is 4.85. The summed E-state index contributed by atoms with van der Waals surface area (Å²) in [6, 6.07) is 9.46. The molecule has 0 spiro atoms.